The highest BCUT2D eigenvalue weighted by atomic mass is 16.1. The van der Waals surface area contributed by atoms with Crippen molar-refractivity contribution < 1.29 is 4.79 Å². The zero-order valence-electron chi connectivity index (χ0n) is 15.6. The first-order valence-electron chi connectivity index (χ1n) is 9.00. The van der Waals surface area contributed by atoms with Gasteiger partial charge in [0.25, 0.3) is 0 Å². The number of amides is 1. The van der Waals surface area contributed by atoms with Crippen LogP contribution in [0.4, 0.5) is 0 Å². The molecule has 0 aliphatic carbocycles. The van der Waals surface area contributed by atoms with Crippen LogP contribution in [-0.2, 0) is 11.2 Å². The molecule has 0 aliphatic heterocycles. The Morgan fingerprint density at radius 2 is 1.54 bits per heavy atom. The van der Waals surface area contributed by atoms with Crippen LogP contribution < -0.4 is 5.32 Å². The third-order valence-electron chi connectivity index (χ3n) is 4.79. The van der Waals surface area contributed by atoms with Gasteiger partial charge < -0.3 is 5.32 Å². The highest BCUT2D eigenvalue weighted by Gasteiger charge is 2.18. The molecule has 0 saturated heterocycles. The van der Waals surface area contributed by atoms with Gasteiger partial charge in [-0.05, 0) is 48.6 Å². The van der Waals surface area contributed by atoms with Gasteiger partial charge in [0.15, 0.2) is 0 Å². The Morgan fingerprint density at radius 3 is 2.23 bits per heavy atom. The van der Waals surface area contributed by atoms with Crippen molar-refractivity contribution in [3.05, 3.63) is 106 Å². The molecule has 3 aromatic carbocycles. The third-order valence-corrected chi connectivity index (χ3v) is 4.79. The zero-order chi connectivity index (χ0) is 18.5. The molecule has 2 nitrogen and oxygen atoms in total. The number of benzene rings is 3. The van der Waals surface area contributed by atoms with Crippen LogP contribution in [0.5, 0.6) is 0 Å². The molecule has 0 unspecified atom stereocenters. The molecule has 0 fully saturated rings. The van der Waals surface area contributed by atoms with Gasteiger partial charge >= 0.3 is 0 Å². The monoisotopic (exact) mass is 343 g/mol. The molecule has 26 heavy (non-hydrogen) atoms. The van der Waals surface area contributed by atoms with Crippen molar-refractivity contribution in [1.82, 2.24) is 5.32 Å². The smallest absolute Gasteiger partial charge is 0.225 e. The Labute approximate surface area is 155 Å². The van der Waals surface area contributed by atoms with Crippen molar-refractivity contribution in [2.75, 3.05) is 0 Å². The minimum atomic E-state index is -0.143. The molecule has 1 atom stereocenters. The van der Waals surface area contributed by atoms with Crippen molar-refractivity contribution in [2.24, 2.45) is 0 Å². The lowest BCUT2D eigenvalue weighted by molar-refractivity contribution is -0.120. The van der Waals surface area contributed by atoms with E-state index in [1.807, 2.05) is 30.3 Å². The molecule has 0 saturated carbocycles. The SMILES string of the molecule is Cc1ccc(CC(=O)N[C@H](c2ccccc2)c2ccccc2C)c(C)c1. The van der Waals surface area contributed by atoms with Crippen LogP contribution in [0, 0.1) is 20.8 Å². The summed E-state index contributed by atoms with van der Waals surface area (Å²) in [5, 5.41) is 3.24. The van der Waals surface area contributed by atoms with E-state index >= 15 is 0 Å². The topological polar surface area (TPSA) is 29.1 Å². The van der Waals surface area contributed by atoms with Crippen LogP contribution in [0.3, 0.4) is 0 Å². The first-order chi connectivity index (χ1) is 12.5. The van der Waals surface area contributed by atoms with Crippen molar-refractivity contribution in [3.8, 4) is 0 Å². The number of hydrogen-bond donors (Lipinski definition) is 1. The largest absolute Gasteiger partial charge is 0.345 e. The summed E-state index contributed by atoms with van der Waals surface area (Å²) < 4.78 is 0. The average molecular weight is 343 g/mol. The fourth-order valence-corrected chi connectivity index (χ4v) is 3.33. The van der Waals surface area contributed by atoms with Crippen LogP contribution in [0.15, 0.2) is 72.8 Å². The Bertz CT molecular complexity index is 899. The molecule has 132 valence electrons. The van der Waals surface area contributed by atoms with Gasteiger partial charge in [0.2, 0.25) is 5.91 Å². The molecule has 2 heteroatoms. The van der Waals surface area contributed by atoms with Gasteiger partial charge in [-0.3, -0.25) is 4.79 Å². The van der Waals surface area contributed by atoms with E-state index in [0.717, 1.165) is 22.3 Å². The predicted molar refractivity (Wildman–Crippen MR) is 107 cm³/mol. The van der Waals surface area contributed by atoms with Crippen molar-refractivity contribution in [3.63, 3.8) is 0 Å². The van der Waals surface area contributed by atoms with E-state index < -0.39 is 0 Å². The van der Waals surface area contributed by atoms with Gasteiger partial charge in [-0.15, -0.1) is 0 Å². The molecular weight excluding hydrogens is 318 g/mol. The van der Waals surface area contributed by atoms with Crippen LogP contribution >= 0.6 is 0 Å². The van der Waals surface area contributed by atoms with Crippen molar-refractivity contribution in [1.29, 1.82) is 0 Å². The van der Waals surface area contributed by atoms with Gasteiger partial charge in [0.05, 0.1) is 12.5 Å². The number of carbonyl (C=O) groups is 1. The maximum absolute atomic E-state index is 12.8. The average Bonchev–Trinajstić information content (AvgIpc) is 2.63. The normalized spacial score (nSPS) is 11.8. The van der Waals surface area contributed by atoms with E-state index in [2.05, 4.69) is 68.6 Å². The molecule has 0 aromatic heterocycles. The van der Waals surface area contributed by atoms with Crippen LogP contribution in [0.2, 0.25) is 0 Å². The summed E-state index contributed by atoms with van der Waals surface area (Å²) in [7, 11) is 0. The van der Waals surface area contributed by atoms with Gasteiger partial charge in [-0.1, -0.05) is 78.4 Å². The summed E-state index contributed by atoms with van der Waals surface area (Å²) >= 11 is 0. The van der Waals surface area contributed by atoms with Crippen LogP contribution in [0.25, 0.3) is 0 Å². The molecule has 0 bridgehead atoms. The van der Waals surface area contributed by atoms with Crippen LogP contribution in [-0.4, -0.2) is 5.91 Å². The number of carbonyl (C=O) groups excluding carboxylic acids is 1. The first-order valence-corrected chi connectivity index (χ1v) is 9.00. The second kappa shape index (κ2) is 8.01. The van der Waals surface area contributed by atoms with E-state index in [1.54, 1.807) is 0 Å². The minimum Gasteiger partial charge on any atom is -0.345 e. The zero-order valence-corrected chi connectivity index (χ0v) is 15.6. The highest BCUT2D eigenvalue weighted by Crippen LogP contribution is 2.25. The lowest BCUT2D eigenvalue weighted by Gasteiger charge is -2.22. The lowest BCUT2D eigenvalue weighted by atomic mass is 9.94. The fraction of sp³-hybridized carbons (Fsp3) is 0.208. The molecule has 3 rings (SSSR count). The Hall–Kier alpha value is -2.87. The molecule has 3 aromatic rings. The standard InChI is InChI=1S/C24H25NO/c1-17-13-14-21(19(3)15-17)16-23(26)25-24(20-10-5-4-6-11-20)22-12-8-7-9-18(22)2/h4-15,24H,16H2,1-3H3,(H,25,26)/t24-/m1/s1. The molecule has 0 radical (unpaired) electrons. The third kappa shape index (κ3) is 4.20. The number of hydrogen-bond acceptors (Lipinski definition) is 1. The van der Waals surface area contributed by atoms with E-state index in [9.17, 15) is 4.79 Å². The molecular formula is C24H25NO. The summed E-state index contributed by atoms with van der Waals surface area (Å²) in [5.41, 5.74) is 6.85. The van der Waals surface area contributed by atoms with Gasteiger partial charge in [-0.2, -0.15) is 0 Å². The number of rotatable bonds is 5. The Balaban J connectivity index is 1.86. The summed E-state index contributed by atoms with van der Waals surface area (Å²) in [6.07, 6.45) is 0.390. The van der Waals surface area contributed by atoms with E-state index in [4.69, 9.17) is 0 Å². The lowest BCUT2D eigenvalue weighted by Crippen LogP contribution is -2.31. The maximum atomic E-state index is 12.8. The van der Waals surface area contributed by atoms with E-state index in [0.29, 0.717) is 6.42 Å². The Kier molecular flexibility index (Phi) is 5.52. The molecule has 1 N–H and O–H groups in total. The number of aryl methyl sites for hydroxylation is 3. The fourth-order valence-electron chi connectivity index (χ4n) is 3.33. The highest BCUT2D eigenvalue weighted by molar-refractivity contribution is 5.80. The Morgan fingerprint density at radius 1 is 0.846 bits per heavy atom. The molecule has 0 heterocycles. The summed E-state index contributed by atoms with van der Waals surface area (Å²) in [6.45, 7) is 6.22. The molecule has 0 spiro atoms. The van der Waals surface area contributed by atoms with Crippen LogP contribution in [0.1, 0.15) is 39.4 Å². The number of nitrogens with one attached hydrogen (secondary N) is 1. The second-order valence-corrected chi connectivity index (χ2v) is 6.87. The van der Waals surface area contributed by atoms with Gasteiger partial charge in [0, 0.05) is 0 Å². The van der Waals surface area contributed by atoms with E-state index in [-0.39, 0.29) is 11.9 Å². The summed E-state index contributed by atoms with van der Waals surface area (Å²) in [5.74, 6) is 0.0362. The summed E-state index contributed by atoms with van der Waals surface area (Å²) in [4.78, 5) is 12.8. The quantitative estimate of drug-likeness (QED) is 0.689. The molecule has 0 aliphatic rings. The maximum Gasteiger partial charge on any atom is 0.225 e. The van der Waals surface area contributed by atoms with Gasteiger partial charge in [0.1, 0.15) is 0 Å². The molecule has 1 amide bonds. The summed E-state index contributed by atoms with van der Waals surface area (Å²) in [6, 6.07) is 24.5. The van der Waals surface area contributed by atoms with Crippen molar-refractivity contribution >= 4 is 5.91 Å². The predicted octanol–water partition coefficient (Wildman–Crippen LogP) is 5.06. The van der Waals surface area contributed by atoms with Gasteiger partial charge in [-0.25, -0.2) is 0 Å². The first kappa shape index (κ1) is 17.9. The second-order valence-electron chi connectivity index (χ2n) is 6.87. The minimum absolute atomic E-state index is 0.0362. The van der Waals surface area contributed by atoms with Crippen molar-refractivity contribution in [2.45, 2.75) is 33.2 Å². The van der Waals surface area contributed by atoms with E-state index in [1.165, 1.54) is 11.1 Å².